The number of nitro groups is 1. The average Bonchev–Trinajstić information content (AvgIpc) is 2.77. The van der Waals surface area contributed by atoms with Gasteiger partial charge >= 0.3 is 0 Å². The van der Waals surface area contributed by atoms with Gasteiger partial charge in [-0.05, 0) is 41.8 Å². The van der Waals surface area contributed by atoms with Crippen LogP contribution in [-0.4, -0.2) is 65.1 Å². The number of nitro benzene ring substituents is 1. The predicted molar refractivity (Wildman–Crippen MR) is 121 cm³/mol. The minimum absolute atomic E-state index is 0.0131. The van der Waals surface area contributed by atoms with Gasteiger partial charge in [-0.1, -0.05) is 44.2 Å². The lowest BCUT2D eigenvalue weighted by Gasteiger charge is -2.38. The normalized spacial score (nSPS) is 17.5. The van der Waals surface area contributed by atoms with Crippen LogP contribution >= 0.6 is 0 Å². The van der Waals surface area contributed by atoms with Gasteiger partial charge in [-0.2, -0.15) is 0 Å². The van der Waals surface area contributed by atoms with Crippen LogP contribution in [0.2, 0.25) is 0 Å². The number of benzene rings is 2. The largest absolute Gasteiger partial charge is 0.395 e. The Bertz CT molecular complexity index is 987. The van der Waals surface area contributed by atoms with Crippen LogP contribution in [0.5, 0.6) is 0 Å². The molecular weight excluding hydrogens is 394 g/mol. The van der Waals surface area contributed by atoms with Crippen molar-refractivity contribution in [3.05, 3.63) is 69.8 Å². The van der Waals surface area contributed by atoms with Crippen molar-refractivity contribution in [2.24, 2.45) is 0 Å². The molecule has 1 atom stereocenters. The molecule has 163 valence electrons. The minimum atomic E-state index is -0.433. The molecule has 1 aliphatic rings. The zero-order valence-electron chi connectivity index (χ0n) is 18.1. The quantitative estimate of drug-likeness (QED) is 0.438. The molecule has 1 saturated heterocycles. The van der Waals surface area contributed by atoms with Gasteiger partial charge in [-0.15, -0.1) is 0 Å². The highest BCUT2D eigenvalue weighted by atomic mass is 16.6. The molecular formula is C24H28N3O4. The zero-order valence-corrected chi connectivity index (χ0v) is 18.1. The van der Waals surface area contributed by atoms with Gasteiger partial charge in [0.1, 0.15) is 0 Å². The predicted octanol–water partition coefficient (Wildman–Crippen LogP) is 3.33. The molecule has 0 bridgehead atoms. The first-order valence-electron chi connectivity index (χ1n) is 10.4. The number of piperazine rings is 1. The third-order valence-corrected chi connectivity index (χ3v) is 5.75. The van der Waals surface area contributed by atoms with E-state index in [1.54, 1.807) is 17.0 Å². The van der Waals surface area contributed by atoms with Crippen molar-refractivity contribution in [1.82, 2.24) is 9.80 Å². The van der Waals surface area contributed by atoms with Crippen molar-refractivity contribution < 1.29 is 14.8 Å². The molecule has 0 saturated carbocycles. The van der Waals surface area contributed by atoms with Crippen molar-refractivity contribution in [1.29, 1.82) is 0 Å². The van der Waals surface area contributed by atoms with E-state index in [0.717, 1.165) is 11.1 Å². The number of carbonyl (C=O) groups excluding carboxylic acids is 1. The van der Waals surface area contributed by atoms with Crippen molar-refractivity contribution in [3.8, 4) is 11.1 Å². The van der Waals surface area contributed by atoms with Crippen LogP contribution in [0.3, 0.4) is 0 Å². The van der Waals surface area contributed by atoms with E-state index < -0.39 is 4.92 Å². The highest BCUT2D eigenvalue weighted by molar-refractivity contribution is 5.94. The number of hydrogen-bond donors (Lipinski definition) is 1. The summed E-state index contributed by atoms with van der Waals surface area (Å²) in [6.07, 6.45) is 3.10. The Morgan fingerprint density at radius 1 is 1.32 bits per heavy atom. The number of rotatable bonds is 6. The van der Waals surface area contributed by atoms with Gasteiger partial charge in [0.15, 0.2) is 0 Å². The lowest BCUT2D eigenvalue weighted by atomic mass is 9.89. The molecule has 7 heteroatoms. The summed E-state index contributed by atoms with van der Waals surface area (Å²) in [5.74, 6) is 0.000330. The smallest absolute Gasteiger partial charge is 0.285 e. The summed E-state index contributed by atoms with van der Waals surface area (Å²) in [4.78, 5) is 27.8. The zero-order chi connectivity index (χ0) is 22.5. The van der Waals surface area contributed by atoms with Gasteiger partial charge < -0.3 is 10.0 Å². The highest BCUT2D eigenvalue weighted by Gasteiger charge is 2.26. The Labute approximate surface area is 182 Å². The first-order chi connectivity index (χ1) is 14.8. The van der Waals surface area contributed by atoms with E-state index in [0.29, 0.717) is 30.8 Å². The third-order valence-electron chi connectivity index (χ3n) is 5.75. The Morgan fingerprint density at radius 2 is 2.06 bits per heavy atom. The first-order valence-corrected chi connectivity index (χ1v) is 10.4. The Balaban J connectivity index is 1.98. The van der Waals surface area contributed by atoms with Gasteiger partial charge in [-0.25, -0.2) is 0 Å². The molecule has 0 aliphatic carbocycles. The van der Waals surface area contributed by atoms with Crippen LogP contribution < -0.4 is 0 Å². The molecule has 1 unspecified atom stereocenters. The van der Waals surface area contributed by atoms with Crippen LogP contribution in [0.4, 0.5) is 5.69 Å². The monoisotopic (exact) mass is 422 g/mol. The maximum absolute atomic E-state index is 12.8. The number of carbonyl (C=O) groups is 1. The summed E-state index contributed by atoms with van der Waals surface area (Å²) >= 11 is 0. The van der Waals surface area contributed by atoms with E-state index in [1.165, 1.54) is 12.1 Å². The number of hydrogen-bond acceptors (Lipinski definition) is 5. The van der Waals surface area contributed by atoms with Crippen LogP contribution in [0.25, 0.3) is 17.2 Å². The fourth-order valence-electron chi connectivity index (χ4n) is 3.91. The molecule has 3 rings (SSSR count). The van der Waals surface area contributed by atoms with Crippen molar-refractivity contribution in [2.75, 3.05) is 33.3 Å². The Morgan fingerprint density at radius 3 is 2.74 bits per heavy atom. The minimum Gasteiger partial charge on any atom is -0.395 e. The number of nitrogens with zero attached hydrogens (tertiary/aromatic N) is 3. The van der Waals surface area contributed by atoms with Crippen molar-refractivity contribution in [3.63, 3.8) is 0 Å². The topological polar surface area (TPSA) is 86.9 Å². The third kappa shape index (κ3) is 5.00. The molecule has 0 aromatic heterocycles. The molecule has 7 nitrogen and oxygen atoms in total. The van der Waals surface area contributed by atoms with E-state index in [1.807, 2.05) is 50.1 Å². The van der Waals surface area contributed by atoms with E-state index in [-0.39, 0.29) is 30.2 Å². The Kier molecular flexibility index (Phi) is 7.20. The molecule has 1 radical (unpaired) electrons. The summed E-state index contributed by atoms with van der Waals surface area (Å²) in [6.45, 7) is 5.77. The van der Waals surface area contributed by atoms with Gasteiger partial charge in [0.2, 0.25) is 5.91 Å². The molecule has 1 fully saturated rings. The van der Waals surface area contributed by atoms with Gasteiger partial charge in [0.05, 0.1) is 29.2 Å². The highest BCUT2D eigenvalue weighted by Crippen LogP contribution is 2.38. The van der Waals surface area contributed by atoms with Crippen LogP contribution in [0.1, 0.15) is 30.9 Å². The van der Waals surface area contributed by atoms with Gasteiger partial charge in [0.25, 0.3) is 5.69 Å². The van der Waals surface area contributed by atoms with Crippen molar-refractivity contribution >= 4 is 17.7 Å². The van der Waals surface area contributed by atoms with E-state index in [4.69, 9.17) is 0 Å². The molecule has 31 heavy (non-hydrogen) atoms. The van der Waals surface area contributed by atoms with Crippen LogP contribution in [0, 0.1) is 16.2 Å². The average molecular weight is 423 g/mol. The fraction of sp³-hybridized carbons (Fsp3) is 0.375. The Hall–Kier alpha value is -3.03. The number of likely N-dealkylation sites (N-methyl/N-ethyl adjacent to an activating group) is 1. The maximum atomic E-state index is 12.8. The second kappa shape index (κ2) is 9.85. The number of aliphatic hydroxyl groups excluding tert-OH is 1. The first kappa shape index (κ1) is 22.7. The summed E-state index contributed by atoms with van der Waals surface area (Å²) in [6, 6.07) is 13.5. The van der Waals surface area contributed by atoms with E-state index in [2.05, 4.69) is 6.07 Å². The standard InChI is InChI=1S/C24H28N3O4/c1-17(2)20-8-4-5-9-21(20)24-18(7-6-10-22(24)27(30)31)11-12-23(29)26-14-13-25(3)19(15-26)16-28/h4-9,11-12,17,19,28H,13-16H2,1-3H3/b12-11+. The SMILES string of the molecule is CC(C)c1ccccc1-c1c([N+](=O)[O-])[c]ccc1/C=C/C(=O)N1CCN(C)C(CO)C1. The lowest BCUT2D eigenvalue weighted by molar-refractivity contribution is -0.384. The fourth-order valence-corrected chi connectivity index (χ4v) is 3.91. The number of amides is 1. The second-order valence-corrected chi connectivity index (χ2v) is 8.09. The van der Waals surface area contributed by atoms with Crippen molar-refractivity contribution in [2.45, 2.75) is 25.8 Å². The van der Waals surface area contributed by atoms with Crippen LogP contribution in [-0.2, 0) is 4.79 Å². The molecule has 0 spiro atoms. The van der Waals surface area contributed by atoms with Gasteiger partial charge in [-0.3, -0.25) is 19.8 Å². The number of aliphatic hydroxyl groups is 1. The molecule has 1 aliphatic heterocycles. The van der Waals surface area contributed by atoms with E-state index in [9.17, 15) is 20.0 Å². The molecule has 1 N–H and O–H groups in total. The van der Waals surface area contributed by atoms with Crippen LogP contribution in [0.15, 0.2) is 42.5 Å². The molecule has 2 aromatic rings. The molecule has 2 aromatic carbocycles. The molecule has 1 heterocycles. The summed E-state index contributed by atoms with van der Waals surface area (Å²) in [5.41, 5.74) is 2.72. The molecule has 1 amide bonds. The van der Waals surface area contributed by atoms with E-state index >= 15 is 0 Å². The lowest BCUT2D eigenvalue weighted by Crippen LogP contribution is -2.54. The summed E-state index contributed by atoms with van der Waals surface area (Å²) in [5, 5.41) is 21.3. The second-order valence-electron chi connectivity index (χ2n) is 8.09. The maximum Gasteiger partial charge on any atom is 0.285 e. The summed E-state index contributed by atoms with van der Waals surface area (Å²) in [7, 11) is 1.93. The van der Waals surface area contributed by atoms with Gasteiger partial charge in [0, 0.05) is 25.7 Å². The summed E-state index contributed by atoms with van der Waals surface area (Å²) < 4.78 is 0.